The predicted molar refractivity (Wildman–Crippen MR) is 120 cm³/mol. The van der Waals surface area contributed by atoms with Gasteiger partial charge in [0, 0.05) is 22.9 Å². The quantitative estimate of drug-likeness (QED) is 0.487. The van der Waals surface area contributed by atoms with E-state index in [0.29, 0.717) is 5.02 Å². The molecular weight excluding hydrogens is 438 g/mol. The van der Waals surface area contributed by atoms with Crippen LogP contribution in [0.3, 0.4) is 0 Å². The highest BCUT2D eigenvalue weighted by Crippen LogP contribution is 2.34. The maximum absolute atomic E-state index is 13.2. The van der Waals surface area contributed by atoms with E-state index in [1.54, 1.807) is 4.57 Å². The van der Waals surface area contributed by atoms with E-state index in [1.165, 1.54) is 6.42 Å². The third-order valence-electron chi connectivity index (χ3n) is 5.37. The first-order chi connectivity index (χ1) is 13.5. The molecule has 0 saturated carbocycles. The van der Waals surface area contributed by atoms with Crippen molar-refractivity contribution in [3.8, 4) is 5.69 Å². The van der Waals surface area contributed by atoms with Gasteiger partial charge in [-0.2, -0.15) is 4.98 Å². The Morgan fingerprint density at radius 3 is 2.54 bits per heavy atom. The summed E-state index contributed by atoms with van der Waals surface area (Å²) in [4.78, 5) is 20.0. The molecule has 146 valence electrons. The normalized spacial score (nSPS) is 14.8. The topological polar surface area (TPSA) is 38.1 Å². The van der Waals surface area contributed by atoms with Crippen LogP contribution in [0, 0.1) is 0 Å². The fourth-order valence-corrected chi connectivity index (χ4v) is 4.46. The predicted octanol–water partition coefficient (Wildman–Crippen LogP) is 5.92. The van der Waals surface area contributed by atoms with E-state index in [2.05, 4.69) is 45.7 Å². The number of aromatic nitrogens is 2. The molecule has 0 unspecified atom stereocenters. The van der Waals surface area contributed by atoms with Crippen LogP contribution >= 0.6 is 27.5 Å². The summed E-state index contributed by atoms with van der Waals surface area (Å²) in [5, 5.41) is 1.53. The van der Waals surface area contributed by atoms with Crippen LogP contribution in [0.25, 0.3) is 16.6 Å². The molecular formula is C22H23BrClN3O. The van der Waals surface area contributed by atoms with E-state index < -0.39 is 0 Å². The molecule has 4 nitrogen and oxygen atoms in total. The molecule has 0 spiro atoms. The maximum Gasteiger partial charge on any atom is 0.354 e. The lowest BCUT2D eigenvalue weighted by atomic mass is 10.0. The summed E-state index contributed by atoms with van der Waals surface area (Å²) in [6.45, 7) is 6.10. The zero-order valence-corrected chi connectivity index (χ0v) is 18.4. The number of piperidine rings is 1. The first kappa shape index (κ1) is 19.5. The number of fused-ring (bicyclic) bond motifs is 1. The lowest BCUT2D eigenvalue weighted by Crippen LogP contribution is -2.34. The van der Waals surface area contributed by atoms with Gasteiger partial charge >= 0.3 is 5.69 Å². The number of para-hydroxylation sites is 1. The Balaban J connectivity index is 2.05. The summed E-state index contributed by atoms with van der Waals surface area (Å²) < 4.78 is 2.49. The lowest BCUT2D eigenvalue weighted by molar-refractivity contribution is 0.573. The first-order valence-corrected chi connectivity index (χ1v) is 10.9. The van der Waals surface area contributed by atoms with Crippen LogP contribution in [0.15, 0.2) is 45.7 Å². The summed E-state index contributed by atoms with van der Waals surface area (Å²) >= 11 is 9.97. The second-order valence-electron chi connectivity index (χ2n) is 7.60. The summed E-state index contributed by atoms with van der Waals surface area (Å²) in [6.07, 6.45) is 3.46. The third kappa shape index (κ3) is 3.46. The molecule has 4 rings (SSSR count). The Kier molecular flexibility index (Phi) is 5.48. The molecule has 0 amide bonds. The Morgan fingerprint density at radius 2 is 1.82 bits per heavy atom. The number of anilines is 1. The van der Waals surface area contributed by atoms with Gasteiger partial charge in [-0.1, -0.05) is 43.6 Å². The molecule has 0 bridgehead atoms. The minimum atomic E-state index is -0.254. The Morgan fingerprint density at radius 1 is 1.11 bits per heavy atom. The van der Waals surface area contributed by atoms with E-state index in [-0.39, 0.29) is 11.6 Å². The maximum atomic E-state index is 13.2. The SMILES string of the molecule is CC(C)c1ccccc1-n1c(=O)nc(N2CCCCC2)c2cc(Cl)c(Br)cc21. The van der Waals surface area contributed by atoms with Gasteiger partial charge in [0.25, 0.3) is 0 Å². The zero-order chi connectivity index (χ0) is 19.8. The first-order valence-electron chi connectivity index (χ1n) is 9.73. The second kappa shape index (κ2) is 7.88. The van der Waals surface area contributed by atoms with Gasteiger partial charge in [0.15, 0.2) is 0 Å². The summed E-state index contributed by atoms with van der Waals surface area (Å²) in [5.41, 5.74) is 2.56. The summed E-state index contributed by atoms with van der Waals surface area (Å²) in [6, 6.07) is 11.9. The van der Waals surface area contributed by atoms with Crippen LogP contribution in [0.1, 0.15) is 44.6 Å². The van der Waals surface area contributed by atoms with Crippen molar-refractivity contribution in [2.75, 3.05) is 18.0 Å². The van der Waals surface area contributed by atoms with Crippen molar-refractivity contribution in [2.24, 2.45) is 0 Å². The largest absolute Gasteiger partial charge is 0.356 e. The van der Waals surface area contributed by atoms with Crippen LogP contribution in [0.4, 0.5) is 5.82 Å². The number of halogens is 2. The van der Waals surface area contributed by atoms with E-state index >= 15 is 0 Å². The zero-order valence-electron chi connectivity index (χ0n) is 16.1. The molecule has 2 aromatic carbocycles. The van der Waals surface area contributed by atoms with Gasteiger partial charge in [-0.3, -0.25) is 4.57 Å². The van der Waals surface area contributed by atoms with Crippen molar-refractivity contribution in [1.82, 2.24) is 9.55 Å². The van der Waals surface area contributed by atoms with Gasteiger partial charge in [0.1, 0.15) is 5.82 Å². The van der Waals surface area contributed by atoms with E-state index in [9.17, 15) is 4.79 Å². The van der Waals surface area contributed by atoms with Gasteiger partial charge in [-0.25, -0.2) is 4.79 Å². The minimum absolute atomic E-state index is 0.254. The monoisotopic (exact) mass is 459 g/mol. The van der Waals surface area contributed by atoms with Crippen molar-refractivity contribution >= 4 is 44.3 Å². The molecule has 2 heterocycles. The molecule has 1 aromatic heterocycles. The van der Waals surface area contributed by atoms with Crippen LogP contribution in [-0.4, -0.2) is 22.6 Å². The van der Waals surface area contributed by atoms with Gasteiger partial charge in [-0.15, -0.1) is 0 Å². The van der Waals surface area contributed by atoms with Crippen molar-refractivity contribution in [3.05, 3.63) is 61.9 Å². The van der Waals surface area contributed by atoms with Gasteiger partial charge < -0.3 is 4.90 Å². The highest BCUT2D eigenvalue weighted by molar-refractivity contribution is 9.10. The summed E-state index contributed by atoms with van der Waals surface area (Å²) in [7, 11) is 0. The summed E-state index contributed by atoms with van der Waals surface area (Å²) in [5.74, 6) is 1.03. The van der Waals surface area contributed by atoms with Crippen LogP contribution in [0.5, 0.6) is 0 Å². The molecule has 0 aliphatic carbocycles. The average Bonchev–Trinajstić information content (AvgIpc) is 2.69. The number of nitrogens with zero attached hydrogens (tertiary/aromatic N) is 3. The molecule has 0 radical (unpaired) electrons. The standard InChI is InChI=1S/C22H23BrClN3O/c1-14(2)15-8-4-5-9-19(15)27-20-13-17(23)18(24)12-16(20)21(25-22(27)28)26-10-6-3-7-11-26/h4-5,8-9,12-14H,3,6-7,10-11H2,1-2H3. The van der Waals surface area contributed by atoms with E-state index in [0.717, 1.165) is 58.4 Å². The lowest BCUT2D eigenvalue weighted by Gasteiger charge is -2.29. The number of hydrogen-bond acceptors (Lipinski definition) is 3. The second-order valence-corrected chi connectivity index (χ2v) is 8.86. The smallest absolute Gasteiger partial charge is 0.354 e. The van der Waals surface area contributed by atoms with Gasteiger partial charge in [0.05, 0.1) is 16.2 Å². The van der Waals surface area contributed by atoms with Crippen molar-refractivity contribution in [3.63, 3.8) is 0 Å². The van der Waals surface area contributed by atoms with E-state index in [4.69, 9.17) is 11.6 Å². The molecule has 28 heavy (non-hydrogen) atoms. The molecule has 0 atom stereocenters. The molecule has 1 fully saturated rings. The Hall–Kier alpha value is -1.85. The van der Waals surface area contributed by atoms with E-state index in [1.807, 2.05) is 30.3 Å². The van der Waals surface area contributed by atoms with Crippen molar-refractivity contribution in [2.45, 2.75) is 39.0 Å². The van der Waals surface area contributed by atoms with Crippen molar-refractivity contribution < 1.29 is 0 Å². The Bertz CT molecular complexity index is 1090. The Labute approximate surface area is 178 Å². The van der Waals surface area contributed by atoms with Crippen LogP contribution in [0.2, 0.25) is 5.02 Å². The number of hydrogen-bond donors (Lipinski definition) is 0. The molecule has 1 aliphatic heterocycles. The van der Waals surface area contributed by atoms with Gasteiger partial charge in [-0.05, 0) is 64.9 Å². The molecule has 1 saturated heterocycles. The molecule has 6 heteroatoms. The number of rotatable bonds is 3. The highest BCUT2D eigenvalue weighted by atomic mass is 79.9. The van der Waals surface area contributed by atoms with Crippen LogP contribution in [-0.2, 0) is 0 Å². The fourth-order valence-electron chi connectivity index (χ4n) is 3.96. The third-order valence-corrected chi connectivity index (χ3v) is 6.57. The molecule has 1 aliphatic rings. The number of benzene rings is 2. The van der Waals surface area contributed by atoms with Crippen molar-refractivity contribution in [1.29, 1.82) is 0 Å². The molecule has 0 N–H and O–H groups in total. The average molecular weight is 461 g/mol. The minimum Gasteiger partial charge on any atom is -0.356 e. The highest BCUT2D eigenvalue weighted by Gasteiger charge is 2.21. The van der Waals surface area contributed by atoms with Crippen LogP contribution < -0.4 is 10.6 Å². The fraction of sp³-hybridized carbons (Fsp3) is 0.364. The molecule has 3 aromatic rings. The van der Waals surface area contributed by atoms with Gasteiger partial charge in [0.2, 0.25) is 0 Å².